The topological polar surface area (TPSA) is 96.9 Å². The van der Waals surface area contributed by atoms with Crippen molar-refractivity contribution in [3.8, 4) is 5.75 Å². The molecule has 0 aliphatic rings. The van der Waals surface area contributed by atoms with Crippen molar-refractivity contribution < 1.29 is 19.1 Å². The molecule has 0 radical (unpaired) electrons. The monoisotopic (exact) mass is 587 g/mol. The van der Waals surface area contributed by atoms with Gasteiger partial charge < -0.3 is 10.1 Å². The molecular formula is C27H17Cl4N3O4. The van der Waals surface area contributed by atoms with Crippen LogP contribution < -0.4 is 15.5 Å². The minimum Gasteiger partial charge on any atom is -0.422 e. The number of carbonyl (C=O) groups excluding carboxylic acids is 3. The molecule has 0 heterocycles. The van der Waals surface area contributed by atoms with Gasteiger partial charge in [-0.15, -0.1) is 0 Å². The molecule has 0 spiro atoms. The molecule has 4 aromatic rings. The summed E-state index contributed by atoms with van der Waals surface area (Å²) in [5, 5.41) is 9.11. The van der Waals surface area contributed by atoms with E-state index in [0.29, 0.717) is 15.6 Å². The Balaban J connectivity index is 1.48. The van der Waals surface area contributed by atoms with Crippen molar-refractivity contribution in [2.24, 2.45) is 5.10 Å². The third-order valence-electron chi connectivity index (χ3n) is 5.26. The number of hydrogen-bond donors (Lipinski definition) is 2. The standard InChI is InChI=1S/C27H17Cl4N3O4/c28-17-7-8-19(22(30)12-17)27(37)38-24-10-6-15-3-1-2-4-18(15)20(24)13-33-34-25(35)14-32-26(36)16-5-9-21(29)23(31)11-16/h1-13H,14H2,(H,32,36)(H,34,35)/b33-13-. The van der Waals surface area contributed by atoms with Gasteiger partial charge in [0.2, 0.25) is 0 Å². The summed E-state index contributed by atoms with van der Waals surface area (Å²) in [6.45, 7) is -0.344. The highest BCUT2D eigenvalue weighted by Crippen LogP contribution is 2.29. The van der Waals surface area contributed by atoms with E-state index < -0.39 is 17.8 Å². The van der Waals surface area contributed by atoms with Gasteiger partial charge in [0, 0.05) is 16.1 Å². The number of hydrogen-bond acceptors (Lipinski definition) is 5. The maximum Gasteiger partial charge on any atom is 0.345 e. The maximum absolute atomic E-state index is 12.8. The molecule has 38 heavy (non-hydrogen) atoms. The van der Waals surface area contributed by atoms with Crippen molar-refractivity contribution in [2.75, 3.05) is 6.54 Å². The van der Waals surface area contributed by atoms with Gasteiger partial charge in [-0.25, -0.2) is 10.2 Å². The number of amides is 2. The van der Waals surface area contributed by atoms with Crippen molar-refractivity contribution in [2.45, 2.75) is 0 Å². The van der Waals surface area contributed by atoms with E-state index in [-0.39, 0.29) is 33.5 Å². The molecule has 0 fully saturated rings. The third kappa shape index (κ3) is 6.62. The van der Waals surface area contributed by atoms with Gasteiger partial charge in [-0.3, -0.25) is 9.59 Å². The van der Waals surface area contributed by atoms with E-state index in [1.165, 1.54) is 42.6 Å². The lowest BCUT2D eigenvalue weighted by molar-refractivity contribution is -0.120. The Morgan fingerprint density at radius 3 is 2.39 bits per heavy atom. The van der Waals surface area contributed by atoms with Crippen LogP contribution in [0.5, 0.6) is 5.75 Å². The number of benzene rings is 4. The third-order valence-corrected chi connectivity index (χ3v) is 6.55. The highest BCUT2D eigenvalue weighted by molar-refractivity contribution is 6.42. The molecule has 4 aromatic carbocycles. The van der Waals surface area contributed by atoms with Gasteiger partial charge in [-0.2, -0.15) is 5.10 Å². The number of nitrogens with zero attached hydrogens (tertiary/aromatic N) is 1. The van der Waals surface area contributed by atoms with Crippen molar-refractivity contribution in [3.05, 3.63) is 110 Å². The van der Waals surface area contributed by atoms with E-state index in [1.807, 2.05) is 24.3 Å². The van der Waals surface area contributed by atoms with Gasteiger partial charge in [0.25, 0.3) is 11.8 Å². The fraction of sp³-hybridized carbons (Fsp3) is 0.0370. The van der Waals surface area contributed by atoms with Gasteiger partial charge in [0.15, 0.2) is 0 Å². The smallest absolute Gasteiger partial charge is 0.345 e. The number of nitrogens with one attached hydrogen (secondary N) is 2. The minimum absolute atomic E-state index is 0.137. The van der Waals surface area contributed by atoms with Crippen LogP contribution in [0.25, 0.3) is 10.8 Å². The molecule has 2 amide bonds. The molecule has 0 bridgehead atoms. The lowest BCUT2D eigenvalue weighted by Gasteiger charge is -2.11. The Hall–Kier alpha value is -3.62. The molecular weight excluding hydrogens is 572 g/mol. The predicted octanol–water partition coefficient (Wildman–Crippen LogP) is 6.55. The Bertz CT molecular complexity index is 1590. The molecule has 0 aromatic heterocycles. The van der Waals surface area contributed by atoms with Crippen LogP contribution in [0.4, 0.5) is 0 Å². The summed E-state index contributed by atoms with van der Waals surface area (Å²) in [4.78, 5) is 37.3. The fourth-order valence-electron chi connectivity index (χ4n) is 3.42. The first kappa shape index (κ1) is 27.4. The van der Waals surface area contributed by atoms with Crippen LogP contribution in [0.15, 0.2) is 77.9 Å². The van der Waals surface area contributed by atoms with Gasteiger partial charge in [-0.1, -0.05) is 76.7 Å². The highest BCUT2D eigenvalue weighted by Gasteiger charge is 2.17. The predicted molar refractivity (Wildman–Crippen MR) is 150 cm³/mol. The summed E-state index contributed by atoms with van der Waals surface area (Å²) in [5.41, 5.74) is 3.18. The average Bonchev–Trinajstić information content (AvgIpc) is 2.89. The molecule has 2 N–H and O–H groups in total. The average molecular weight is 589 g/mol. The summed E-state index contributed by atoms with van der Waals surface area (Å²) in [5.74, 6) is -1.58. The van der Waals surface area contributed by atoms with Gasteiger partial charge >= 0.3 is 5.97 Å². The van der Waals surface area contributed by atoms with Crippen LogP contribution in [-0.4, -0.2) is 30.5 Å². The first-order valence-electron chi connectivity index (χ1n) is 11.0. The zero-order valence-electron chi connectivity index (χ0n) is 19.3. The number of hydrazone groups is 1. The molecule has 11 heteroatoms. The van der Waals surface area contributed by atoms with Crippen molar-refractivity contribution in [1.82, 2.24) is 10.7 Å². The van der Waals surface area contributed by atoms with Crippen molar-refractivity contribution in [3.63, 3.8) is 0 Å². The summed E-state index contributed by atoms with van der Waals surface area (Å²) in [6.07, 6.45) is 1.35. The van der Waals surface area contributed by atoms with E-state index >= 15 is 0 Å². The van der Waals surface area contributed by atoms with Crippen LogP contribution in [0.3, 0.4) is 0 Å². The first-order valence-corrected chi connectivity index (χ1v) is 12.5. The van der Waals surface area contributed by atoms with E-state index in [9.17, 15) is 14.4 Å². The molecule has 7 nitrogen and oxygen atoms in total. The molecule has 0 saturated heterocycles. The molecule has 0 aliphatic carbocycles. The number of carbonyl (C=O) groups is 3. The van der Waals surface area contributed by atoms with Crippen LogP contribution in [0.1, 0.15) is 26.3 Å². The lowest BCUT2D eigenvalue weighted by Crippen LogP contribution is -2.34. The molecule has 4 rings (SSSR count). The number of halogens is 4. The summed E-state index contributed by atoms with van der Waals surface area (Å²) < 4.78 is 5.62. The van der Waals surface area contributed by atoms with Crippen LogP contribution in [0.2, 0.25) is 20.1 Å². The minimum atomic E-state index is -0.689. The Kier molecular flexibility index (Phi) is 8.86. The van der Waals surface area contributed by atoms with Crippen molar-refractivity contribution in [1.29, 1.82) is 0 Å². The molecule has 0 aliphatic heterocycles. The Morgan fingerprint density at radius 2 is 1.63 bits per heavy atom. The summed E-state index contributed by atoms with van der Waals surface area (Å²) >= 11 is 23.9. The van der Waals surface area contributed by atoms with E-state index in [4.69, 9.17) is 51.1 Å². The molecule has 192 valence electrons. The van der Waals surface area contributed by atoms with Crippen LogP contribution >= 0.6 is 46.4 Å². The van der Waals surface area contributed by atoms with Crippen LogP contribution in [-0.2, 0) is 4.79 Å². The SMILES string of the molecule is O=C(CNC(=O)c1ccc(Cl)c(Cl)c1)N/N=C\c1c(OC(=O)c2ccc(Cl)cc2Cl)ccc2ccccc12. The largest absolute Gasteiger partial charge is 0.422 e. The molecule has 0 saturated carbocycles. The van der Waals surface area contributed by atoms with Crippen LogP contribution in [0, 0.1) is 0 Å². The number of rotatable bonds is 7. The maximum atomic E-state index is 12.8. The number of fused-ring (bicyclic) bond motifs is 1. The summed E-state index contributed by atoms with van der Waals surface area (Å²) in [6, 6.07) is 19.6. The van der Waals surface area contributed by atoms with E-state index in [1.54, 1.807) is 12.1 Å². The first-order chi connectivity index (χ1) is 18.2. The second-order valence-electron chi connectivity index (χ2n) is 7.82. The quantitative estimate of drug-likeness (QED) is 0.111. The van der Waals surface area contributed by atoms with Crippen molar-refractivity contribution >= 4 is 81.2 Å². The molecule has 0 atom stereocenters. The number of esters is 1. The zero-order valence-corrected chi connectivity index (χ0v) is 22.3. The summed E-state index contributed by atoms with van der Waals surface area (Å²) in [7, 11) is 0. The van der Waals surface area contributed by atoms with Gasteiger partial charge in [0.1, 0.15) is 5.75 Å². The highest BCUT2D eigenvalue weighted by atomic mass is 35.5. The Morgan fingerprint density at radius 1 is 0.842 bits per heavy atom. The normalized spacial score (nSPS) is 10.9. The van der Waals surface area contributed by atoms with Gasteiger partial charge in [-0.05, 0) is 53.2 Å². The van der Waals surface area contributed by atoms with E-state index in [2.05, 4.69) is 15.8 Å². The molecule has 0 unspecified atom stereocenters. The number of ether oxygens (including phenoxy) is 1. The second-order valence-corrected chi connectivity index (χ2v) is 9.47. The lowest BCUT2D eigenvalue weighted by atomic mass is 10.0. The fourth-order valence-corrected chi connectivity index (χ4v) is 4.20. The zero-order chi connectivity index (χ0) is 27.2. The van der Waals surface area contributed by atoms with E-state index in [0.717, 1.165) is 10.8 Å². The van der Waals surface area contributed by atoms with Gasteiger partial charge in [0.05, 0.1) is 33.4 Å². The second kappa shape index (κ2) is 12.3. The Labute approximate surface area is 237 Å².